The van der Waals surface area contributed by atoms with Gasteiger partial charge < -0.3 is 14.0 Å². The molecule has 1 aliphatic rings. The second-order valence-electron chi connectivity index (χ2n) is 6.96. The number of ether oxygens (including phenoxy) is 2. The molecule has 0 amide bonds. The minimum atomic E-state index is -0.725. The van der Waals surface area contributed by atoms with Gasteiger partial charge in [-0.3, -0.25) is 14.9 Å². The Labute approximate surface area is 168 Å². The minimum absolute atomic E-state index is 0.261. The number of nitrogens with one attached hydrogen (secondary N) is 1. The van der Waals surface area contributed by atoms with Crippen LogP contribution in [0.15, 0.2) is 60.9 Å². The number of aromatic nitrogens is 2. The zero-order valence-corrected chi connectivity index (χ0v) is 16.3. The van der Waals surface area contributed by atoms with Gasteiger partial charge in [0.1, 0.15) is 6.04 Å². The van der Waals surface area contributed by atoms with E-state index in [4.69, 9.17) is 9.47 Å². The SMILES string of the molecule is CCOC(=O)[C@H]1[C@H](n2cnc3ccccc32)[C@H](C(=O)OC)N[C@@H]1c1ccccc1. The van der Waals surface area contributed by atoms with Crippen molar-refractivity contribution in [2.24, 2.45) is 5.92 Å². The number of carbonyl (C=O) groups is 2. The highest BCUT2D eigenvalue weighted by Gasteiger charge is 2.52. The predicted molar refractivity (Wildman–Crippen MR) is 107 cm³/mol. The first-order chi connectivity index (χ1) is 14.2. The summed E-state index contributed by atoms with van der Waals surface area (Å²) >= 11 is 0. The van der Waals surface area contributed by atoms with E-state index in [-0.39, 0.29) is 12.6 Å². The Balaban J connectivity index is 1.87. The van der Waals surface area contributed by atoms with E-state index in [9.17, 15) is 9.59 Å². The number of hydrogen-bond acceptors (Lipinski definition) is 6. The van der Waals surface area contributed by atoms with E-state index in [0.717, 1.165) is 16.6 Å². The Morgan fingerprint density at radius 3 is 2.52 bits per heavy atom. The number of imidazole rings is 1. The maximum atomic E-state index is 13.1. The van der Waals surface area contributed by atoms with Crippen molar-refractivity contribution in [2.45, 2.75) is 25.0 Å². The lowest BCUT2D eigenvalue weighted by molar-refractivity contribution is -0.150. The number of rotatable bonds is 5. The van der Waals surface area contributed by atoms with Gasteiger partial charge in [-0.2, -0.15) is 0 Å². The summed E-state index contributed by atoms with van der Waals surface area (Å²) < 4.78 is 12.4. The molecule has 0 spiro atoms. The Morgan fingerprint density at radius 2 is 1.79 bits per heavy atom. The van der Waals surface area contributed by atoms with Crippen molar-refractivity contribution in [3.05, 3.63) is 66.5 Å². The fourth-order valence-electron chi connectivity index (χ4n) is 4.16. The fraction of sp³-hybridized carbons (Fsp3) is 0.318. The summed E-state index contributed by atoms with van der Waals surface area (Å²) in [5.74, 6) is -1.41. The number of carbonyl (C=O) groups excluding carboxylic acids is 2. The first-order valence-corrected chi connectivity index (χ1v) is 9.62. The van der Waals surface area contributed by atoms with Gasteiger partial charge in [-0.25, -0.2) is 4.98 Å². The summed E-state index contributed by atoms with van der Waals surface area (Å²) in [7, 11) is 1.35. The van der Waals surface area contributed by atoms with E-state index in [2.05, 4.69) is 10.3 Å². The molecule has 4 rings (SSSR count). The molecule has 0 saturated carbocycles. The molecule has 1 N–H and O–H groups in total. The Kier molecular flexibility index (Phi) is 5.31. The highest BCUT2D eigenvalue weighted by Crippen LogP contribution is 2.42. The van der Waals surface area contributed by atoms with Crippen LogP contribution in [0.1, 0.15) is 24.6 Å². The molecule has 0 radical (unpaired) electrons. The molecule has 2 aromatic carbocycles. The van der Waals surface area contributed by atoms with E-state index < -0.39 is 30.0 Å². The lowest BCUT2D eigenvalue weighted by Crippen LogP contribution is -2.39. The molecule has 1 aliphatic heterocycles. The van der Waals surface area contributed by atoms with Crippen LogP contribution in [0.25, 0.3) is 11.0 Å². The highest BCUT2D eigenvalue weighted by molar-refractivity contribution is 5.83. The monoisotopic (exact) mass is 393 g/mol. The Bertz CT molecular complexity index is 1020. The molecule has 1 fully saturated rings. The first-order valence-electron chi connectivity index (χ1n) is 9.62. The molecule has 1 saturated heterocycles. The summed E-state index contributed by atoms with van der Waals surface area (Å²) in [4.78, 5) is 30.2. The highest BCUT2D eigenvalue weighted by atomic mass is 16.5. The van der Waals surface area contributed by atoms with Crippen LogP contribution < -0.4 is 5.32 Å². The fourth-order valence-corrected chi connectivity index (χ4v) is 4.16. The maximum absolute atomic E-state index is 13.1. The molecule has 29 heavy (non-hydrogen) atoms. The van der Waals surface area contributed by atoms with Crippen LogP contribution in [0.3, 0.4) is 0 Å². The topological polar surface area (TPSA) is 82.5 Å². The predicted octanol–water partition coefficient (Wildman–Crippen LogP) is 2.64. The molecule has 2 heterocycles. The van der Waals surface area contributed by atoms with Crippen molar-refractivity contribution in [3.63, 3.8) is 0 Å². The summed E-state index contributed by atoms with van der Waals surface area (Å²) in [5.41, 5.74) is 2.55. The quantitative estimate of drug-likeness (QED) is 0.671. The standard InChI is InChI=1S/C22H23N3O4/c1-3-29-21(26)17-18(14-9-5-4-6-10-14)24-19(22(27)28-2)20(17)25-13-23-15-11-7-8-12-16(15)25/h4-13,17-20,24H,3H2,1-2H3/t17-,18-,19-,20+/m1/s1. The van der Waals surface area contributed by atoms with Crippen LogP contribution in [-0.2, 0) is 19.1 Å². The van der Waals surface area contributed by atoms with Crippen molar-refractivity contribution >= 4 is 23.0 Å². The Hall–Kier alpha value is -3.19. The van der Waals surface area contributed by atoms with E-state index in [1.165, 1.54) is 7.11 Å². The molecule has 3 aromatic rings. The summed E-state index contributed by atoms with van der Waals surface area (Å²) in [6.45, 7) is 2.04. The number of esters is 2. The van der Waals surface area contributed by atoms with Gasteiger partial charge in [-0.1, -0.05) is 42.5 Å². The van der Waals surface area contributed by atoms with Crippen molar-refractivity contribution in [1.29, 1.82) is 0 Å². The molecule has 150 valence electrons. The Morgan fingerprint density at radius 1 is 1.07 bits per heavy atom. The molecular formula is C22H23N3O4. The summed E-state index contributed by atoms with van der Waals surface area (Å²) in [6.07, 6.45) is 1.67. The van der Waals surface area contributed by atoms with Crippen LogP contribution in [0.5, 0.6) is 0 Å². The second-order valence-corrected chi connectivity index (χ2v) is 6.96. The van der Waals surface area contributed by atoms with E-state index >= 15 is 0 Å². The number of fused-ring (bicyclic) bond motifs is 1. The van der Waals surface area contributed by atoms with Gasteiger partial charge in [0, 0.05) is 6.04 Å². The average Bonchev–Trinajstić information content (AvgIpc) is 3.35. The van der Waals surface area contributed by atoms with Crippen molar-refractivity contribution in [2.75, 3.05) is 13.7 Å². The van der Waals surface area contributed by atoms with Crippen LogP contribution in [0, 0.1) is 5.92 Å². The van der Waals surface area contributed by atoms with Crippen LogP contribution in [0.2, 0.25) is 0 Å². The van der Waals surface area contributed by atoms with Crippen LogP contribution >= 0.6 is 0 Å². The molecule has 0 aliphatic carbocycles. The lowest BCUT2D eigenvalue weighted by atomic mass is 9.89. The molecule has 0 bridgehead atoms. The van der Waals surface area contributed by atoms with Crippen LogP contribution in [0.4, 0.5) is 0 Å². The van der Waals surface area contributed by atoms with E-state index in [1.54, 1.807) is 13.3 Å². The summed E-state index contributed by atoms with van der Waals surface area (Å²) in [5, 5.41) is 3.33. The van der Waals surface area contributed by atoms with E-state index in [1.807, 2.05) is 59.2 Å². The zero-order valence-electron chi connectivity index (χ0n) is 16.3. The third kappa shape index (κ3) is 3.38. The van der Waals surface area contributed by atoms with Crippen molar-refractivity contribution in [1.82, 2.24) is 14.9 Å². The normalized spacial score (nSPS) is 23.8. The van der Waals surface area contributed by atoms with Gasteiger partial charge in [0.05, 0.1) is 43.0 Å². The van der Waals surface area contributed by atoms with Gasteiger partial charge in [-0.05, 0) is 24.6 Å². The molecule has 7 heteroatoms. The molecule has 0 unspecified atom stereocenters. The number of benzene rings is 2. The largest absolute Gasteiger partial charge is 0.468 e. The molecule has 1 aromatic heterocycles. The van der Waals surface area contributed by atoms with Crippen molar-refractivity contribution < 1.29 is 19.1 Å². The zero-order chi connectivity index (χ0) is 20.4. The number of para-hydroxylation sites is 2. The maximum Gasteiger partial charge on any atom is 0.325 e. The van der Waals surface area contributed by atoms with Crippen molar-refractivity contribution in [3.8, 4) is 0 Å². The number of methoxy groups -OCH3 is 1. The average molecular weight is 393 g/mol. The van der Waals surface area contributed by atoms with Gasteiger partial charge in [0.2, 0.25) is 0 Å². The lowest BCUT2D eigenvalue weighted by Gasteiger charge is -2.25. The third-order valence-corrected chi connectivity index (χ3v) is 5.40. The summed E-state index contributed by atoms with van der Waals surface area (Å²) in [6, 6.07) is 15.6. The molecular weight excluding hydrogens is 370 g/mol. The number of nitrogens with zero attached hydrogens (tertiary/aromatic N) is 2. The van der Waals surface area contributed by atoms with Gasteiger partial charge in [0.25, 0.3) is 0 Å². The molecule has 7 nitrogen and oxygen atoms in total. The second kappa shape index (κ2) is 8.05. The van der Waals surface area contributed by atoms with Gasteiger partial charge in [0.15, 0.2) is 0 Å². The van der Waals surface area contributed by atoms with Gasteiger partial charge in [-0.15, -0.1) is 0 Å². The third-order valence-electron chi connectivity index (χ3n) is 5.40. The smallest absolute Gasteiger partial charge is 0.325 e. The van der Waals surface area contributed by atoms with Crippen LogP contribution in [-0.4, -0.2) is 41.2 Å². The minimum Gasteiger partial charge on any atom is -0.468 e. The molecule has 4 atom stereocenters. The van der Waals surface area contributed by atoms with E-state index in [0.29, 0.717) is 0 Å². The first kappa shape index (κ1) is 19.1. The van der Waals surface area contributed by atoms with Gasteiger partial charge >= 0.3 is 11.9 Å². The number of hydrogen-bond donors (Lipinski definition) is 1.